The van der Waals surface area contributed by atoms with Crippen molar-refractivity contribution in [3.05, 3.63) is 59.1 Å². The van der Waals surface area contributed by atoms with Gasteiger partial charge in [-0.1, -0.05) is 17.7 Å². The first-order valence-electron chi connectivity index (χ1n) is 5.54. The van der Waals surface area contributed by atoms with Crippen LogP contribution in [-0.2, 0) is 0 Å². The molecule has 2 nitrogen and oxygen atoms in total. The van der Waals surface area contributed by atoms with E-state index in [-0.39, 0.29) is 5.82 Å². The van der Waals surface area contributed by atoms with Gasteiger partial charge in [0.05, 0.1) is 5.69 Å². The van der Waals surface area contributed by atoms with Crippen LogP contribution in [0.25, 0.3) is 16.9 Å². The second-order valence-corrected chi connectivity index (χ2v) is 4.66. The third-order valence-electron chi connectivity index (χ3n) is 2.81. The number of aromatic nitrogens is 2. The Balaban J connectivity index is 2.19. The summed E-state index contributed by atoms with van der Waals surface area (Å²) in [5.41, 5.74) is 2.99. The van der Waals surface area contributed by atoms with E-state index in [0.29, 0.717) is 16.3 Å². The number of nitrogens with zero attached hydrogens (tertiary/aromatic N) is 2. The number of imidazole rings is 1. The summed E-state index contributed by atoms with van der Waals surface area (Å²) in [6.45, 7) is 2.00. The van der Waals surface area contributed by atoms with E-state index in [0.717, 1.165) is 11.2 Å². The van der Waals surface area contributed by atoms with Crippen LogP contribution in [0.3, 0.4) is 0 Å². The molecule has 0 bridgehead atoms. The predicted octanol–water partition coefficient (Wildman–Crippen LogP) is 4.10. The van der Waals surface area contributed by atoms with Crippen molar-refractivity contribution < 1.29 is 4.39 Å². The number of rotatable bonds is 1. The van der Waals surface area contributed by atoms with Gasteiger partial charge in [0.2, 0.25) is 0 Å². The normalized spacial score (nSPS) is 11.1. The van der Waals surface area contributed by atoms with E-state index in [2.05, 4.69) is 4.98 Å². The molecule has 0 saturated heterocycles. The van der Waals surface area contributed by atoms with Crippen molar-refractivity contribution in [1.82, 2.24) is 9.38 Å². The lowest BCUT2D eigenvalue weighted by molar-refractivity contribution is 0.631. The smallest absolute Gasteiger partial charge is 0.137 e. The molecule has 0 aliphatic heterocycles. The van der Waals surface area contributed by atoms with E-state index in [1.165, 1.54) is 6.07 Å². The highest BCUT2D eigenvalue weighted by Gasteiger charge is 2.09. The molecule has 0 aliphatic carbocycles. The third-order valence-corrected chi connectivity index (χ3v) is 3.04. The molecule has 2 heterocycles. The molecule has 0 N–H and O–H groups in total. The van der Waals surface area contributed by atoms with Crippen LogP contribution >= 0.6 is 11.6 Å². The van der Waals surface area contributed by atoms with Crippen LogP contribution in [0.5, 0.6) is 0 Å². The highest BCUT2D eigenvalue weighted by atomic mass is 35.5. The Hall–Kier alpha value is -1.87. The van der Waals surface area contributed by atoms with Gasteiger partial charge in [-0.15, -0.1) is 0 Å². The first-order chi connectivity index (χ1) is 8.63. The van der Waals surface area contributed by atoms with Gasteiger partial charge in [-0.3, -0.25) is 0 Å². The number of pyridine rings is 1. The zero-order valence-corrected chi connectivity index (χ0v) is 10.4. The first-order valence-corrected chi connectivity index (χ1v) is 5.92. The number of aryl methyl sites for hydroxylation is 1. The minimum Gasteiger partial charge on any atom is -0.306 e. The van der Waals surface area contributed by atoms with Crippen molar-refractivity contribution in [2.24, 2.45) is 0 Å². The standard InChI is InChI=1S/C14H10ClFN2/c1-9-2-5-14-17-13(8-18(14)7-9)11-4-3-10(15)6-12(11)16/h2-8H,1H3. The maximum Gasteiger partial charge on any atom is 0.137 e. The van der Waals surface area contributed by atoms with Crippen LogP contribution in [0.2, 0.25) is 5.02 Å². The molecule has 3 aromatic rings. The summed E-state index contributed by atoms with van der Waals surface area (Å²) >= 11 is 5.74. The number of benzene rings is 1. The van der Waals surface area contributed by atoms with Crippen LogP contribution < -0.4 is 0 Å². The van der Waals surface area contributed by atoms with E-state index in [9.17, 15) is 4.39 Å². The van der Waals surface area contributed by atoms with Crippen molar-refractivity contribution in [2.75, 3.05) is 0 Å². The summed E-state index contributed by atoms with van der Waals surface area (Å²) in [6.07, 6.45) is 3.77. The van der Waals surface area contributed by atoms with Crippen molar-refractivity contribution in [3.8, 4) is 11.3 Å². The molecule has 0 spiro atoms. The van der Waals surface area contributed by atoms with Gasteiger partial charge >= 0.3 is 0 Å². The maximum atomic E-state index is 13.8. The Labute approximate surface area is 109 Å². The predicted molar refractivity (Wildman–Crippen MR) is 70.3 cm³/mol. The van der Waals surface area contributed by atoms with Gasteiger partial charge in [-0.05, 0) is 36.8 Å². The summed E-state index contributed by atoms with van der Waals surface area (Å²) in [7, 11) is 0. The molecule has 4 heteroatoms. The van der Waals surface area contributed by atoms with Crippen molar-refractivity contribution in [2.45, 2.75) is 6.92 Å². The van der Waals surface area contributed by atoms with Gasteiger partial charge < -0.3 is 4.40 Å². The molecule has 0 fully saturated rings. The molecule has 0 unspecified atom stereocenters. The van der Waals surface area contributed by atoms with Crippen molar-refractivity contribution >= 4 is 17.2 Å². The van der Waals surface area contributed by atoms with Crippen molar-refractivity contribution in [3.63, 3.8) is 0 Å². The fraction of sp³-hybridized carbons (Fsp3) is 0.0714. The summed E-state index contributed by atoms with van der Waals surface area (Å²) < 4.78 is 15.7. The summed E-state index contributed by atoms with van der Waals surface area (Å²) in [5, 5.41) is 0.385. The molecule has 18 heavy (non-hydrogen) atoms. The Morgan fingerprint density at radius 1 is 1.17 bits per heavy atom. The van der Waals surface area contributed by atoms with E-state index < -0.39 is 0 Å². The molecule has 0 saturated carbocycles. The monoisotopic (exact) mass is 260 g/mol. The number of hydrogen-bond acceptors (Lipinski definition) is 1. The highest BCUT2D eigenvalue weighted by molar-refractivity contribution is 6.30. The Morgan fingerprint density at radius 2 is 2.00 bits per heavy atom. The van der Waals surface area contributed by atoms with Crippen LogP contribution in [0.4, 0.5) is 4.39 Å². The second kappa shape index (κ2) is 4.10. The Kier molecular flexibility index (Phi) is 2.56. The third kappa shape index (κ3) is 1.87. The van der Waals surface area contributed by atoms with Gasteiger partial charge in [0.15, 0.2) is 0 Å². The van der Waals surface area contributed by atoms with Gasteiger partial charge in [-0.2, -0.15) is 0 Å². The molecular formula is C14H10ClFN2. The molecule has 2 aromatic heterocycles. The Morgan fingerprint density at radius 3 is 2.78 bits per heavy atom. The largest absolute Gasteiger partial charge is 0.306 e. The number of fused-ring (bicyclic) bond motifs is 1. The van der Waals surface area contributed by atoms with Crippen LogP contribution in [-0.4, -0.2) is 9.38 Å². The molecule has 0 radical (unpaired) electrons. The minimum absolute atomic E-state index is 0.359. The molecular weight excluding hydrogens is 251 g/mol. The zero-order chi connectivity index (χ0) is 12.7. The lowest BCUT2D eigenvalue weighted by Crippen LogP contribution is -1.83. The second-order valence-electron chi connectivity index (χ2n) is 4.22. The SMILES string of the molecule is Cc1ccc2nc(-c3ccc(Cl)cc3F)cn2c1. The summed E-state index contributed by atoms with van der Waals surface area (Å²) in [5.74, 6) is -0.359. The average molecular weight is 261 g/mol. The lowest BCUT2D eigenvalue weighted by atomic mass is 10.1. The lowest BCUT2D eigenvalue weighted by Gasteiger charge is -1.98. The van der Waals surface area contributed by atoms with E-state index in [1.807, 2.05) is 35.9 Å². The molecule has 90 valence electrons. The van der Waals surface area contributed by atoms with Crippen molar-refractivity contribution in [1.29, 1.82) is 0 Å². The number of hydrogen-bond donors (Lipinski definition) is 0. The Bertz CT molecular complexity index is 734. The fourth-order valence-electron chi connectivity index (χ4n) is 1.93. The molecule has 3 rings (SSSR count). The fourth-order valence-corrected chi connectivity index (χ4v) is 2.09. The zero-order valence-electron chi connectivity index (χ0n) is 9.69. The highest BCUT2D eigenvalue weighted by Crippen LogP contribution is 2.25. The maximum absolute atomic E-state index is 13.8. The minimum atomic E-state index is -0.359. The van der Waals surface area contributed by atoms with Crippen LogP contribution in [0.15, 0.2) is 42.7 Å². The molecule has 1 aromatic carbocycles. The van der Waals surface area contributed by atoms with E-state index >= 15 is 0 Å². The van der Waals surface area contributed by atoms with Crippen LogP contribution in [0, 0.1) is 12.7 Å². The van der Waals surface area contributed by atoms with Gasteiger partial charge in [0, 0.05) is 23.0 Å². The van der Waals surface area contributed by atoms with Crippen LogP contribution in [0.1, 0.15) is 5.56 Å². The molecule has 0 amide bonds. The van der Waals surface area contributed by atoms with Gasteiger partial charge in [0.1, 0.15) is 11.5 Å². The quantitative estimate of drug-likeness (QED) is 0.644. The molecule has 0 atom stereocenters. The first kappa shape index (κ1) is 11.2. The van der Waals surface area contributed by atoms with E-state index in [4.69, 9.17) is 11.6 Å². The van der Waals surface area contributed by atoms with Gasteiger partial charge in [-0.25, -0.2) is 9.37 Å². The number of halogens is 2. The average Bonchev–Trinajstić information content (AvgIpc) is 2.71. The van der Waals surface area contributed by atoms with E-state index in [1.54, 1.807) is 12.1 Å². The summed E-state index contributed by atoms with van der Waals surface area (Å²) in [4.78, 5) is 4.39. The van der Waals surface area contributed by atoms with Gasteiger partial charge in [0.25, 0.3) is 0 Å². The molecule has 0 aliphatic rings. The topological polar surface area (TPSA) is 17.3 Å². The summed E-state index contributed by atoms with van der Waals surface area (Å²) in [6, 6.07) is 8.49.